The summed E-state index contributed by atoms with van der Waals surface area (Å²) in [6, 6.07) is 0. The first-order valence-electron chi connectivity index (χ1n) is 7.36. The molecule has 0 saturated carbocycles. The first-order chi connectivity index (χ1) is 10.8. The molecule has 0 radical (unpaired) electrons. The van der Waals surface area contributed by atoms with Gasteiger partial charge in [0, 0.05) is 12.1 Å². The maximum atomic E-state index is 10.4. The Labute approximate surface area is 133 Å². The summed E-state index contributed by atoms with van der Waals surface area (Å²) in [5, 5.41) is 22.5. The number of hydrogen-bond acceptors (Lipinski definition) is 9. The van der Waals surface area contributed by atoms with Crippen molar-refractivity contribution in [1.29, 1.82) is 0 Å². The molecule has 3 unspecified atom stereocenters. The van der Waals surface area contributed by atoms with Crippen molar-refractivity contribution in [3.63, 3.8) is 0 Å². The molecule has 3 N–H and O–H groups in total. The average Bonchev–Trinajstić information content (AvgIpc) is 2.99. The lowest BCUT2D eigenvalue weighted by Crippen LogP contribution is -2.42. The van der Waals surface area contributed by atoms with Gasteiger partial charge < -0.3 is 24.7 Å². The molecule has 3 atom stereocenters. The van der Waals surface area contributed by atoms with Gasteiger partial charge in [0.25, 0.3) is 5.09 Å². The molecule has 132 valence electrons. The van der Waals surface area contributed by atoms with Gasteiger partial charge in [0.1, 0.15) is 25.0 Å². The summed E-state index contributed by atoms with van der Waals surface area (Å²) in [6.07, 6.45) is -2.07. The fourth-order valence-electron chi connectivity index (χ4n) is 2.18. The number of hydrogen-bond donors (Lipinski definition) is 3. The van der Waals surface area contributed by atoms with E-state index in [0.717, 1.165) is 0 Å². The first kappa shape index (κ1) is 17.7. The summed E-state index contributed by atoms with van der Waals surface area (Å²) in [6.45, 7) is 6.69. The minimum atomic E-state index is -0.860. The number of rotatable bonds is 8. The van der Waals surface area contributed by atoms with Crippen LogP contribution in [0.15, 0.2) is 11.5 Å². The summed E-state index contributed by atoms with van der Waals surface area (Å²) >= 11 is 0. The smallest absolute Gasteiger partial charge is 0.295 e. The van der Waals surface area contributed by atoms with Crippen LogP contribution in [0.1, 0.15) is 20.8 Å². The topological polar surface area (TPSA) is 124 Å². The summed E-state index contributed by atoms with van der Waals surface area (Å²) in [5.41, 5.74) is 3.13. The molecule has 0 aromatic carbocycles. The number of nitrogens with one attached hydrogen (secondary N) is 2. The third-order valence-corrected chi connectivity index (χ3v) is 3.26. The Balaban J connectivity index is 1.74. The van der Waals surface area contributed by atoms with Gasteiger partial charge in [-0.3, -0.25) is 10.3 Å². The Bertz CT molecular complexity index is 463. The van der Waals surface area contributed by atoms with E-state index in [1.807, 2.05) is 20.8 Å². The maximum absolute atomic E-state index is 10.4. The summed E-state index contributed by atoms with van der Waals surface area (Å²) in [4.78, 5) is 20.1. The van der Waals surface area contributed by atoms with Gasteiger partial charge in [0.2, 0.25) is 0 Å². The molecule has 2 aliphatic heterocycles. The molecule has 1 fully saturated rings. The van der Waals surface area contributed by atoms with Crippen molar-refractivity contribution in [2.24, 2.45) is 0 Å². The third kappa shape index (κ3) is 5.20. The highest BCUT2D eigenvalue weighted by atomic mass is 17.0. The quantitative estimate of drug-likeness (QED) is 0.397. The predicted molar refractivity (Wildman–Crippen MR) is 77.4 cm³/mol. The van der Waals surface area contributed by atoms with E-state index in [1.165, 1.54) is 0 Å². The lowest BCUT2D eigenvalue weighted by atomic mass is 10.1. The molecule has 23 heavy (non-hydrogen) atoms. The normalized spacial score (nSPS) is 25.0. The van der Waals surface area contributed by atoms with E-state index >= 15 is 0 Å². The van der Waals surface area contributed by atoms with Crippen LogP contribution < -0.4 is 10.8 Å². The predicted octanol–water partition coefficient (Wildman–Crippen LogP) is -0.526. The van der Waals surface area contributed by atoms with Crippen LogP contribution in [0.4, 0.5) is 0 Å². The molecule has 10 heteroatoms. The monoisotopic (exact) mass is 333 g/mol. The second-order valence-electron chi connectivity index (χ2n) is 6.45. The fourth-order valence-corrected chi connectivity index (χ4v) is 2.18. The number of nitrogens with zero attached hydrogens (tertiary/aromatic N) is 1. The molecule has 0 aromatic heterocycles. The minimum Gasteiger partial charge on any atom is -0.491 e. The number of hydroxylamine groups is 1. The first-order valence-corrected chi connectivity index (χ1v) is 7.36. The highest BCUT2D eigenvalue weighted by Gasteiger charge is 2.43. The zero-order valence-electron chi connectivity index (χ0n) is 13.4. The van der Waals surface area contributed by atoms with Crippen LogP contribution in [-0.4, -0.2) is 60.4 Å². The van der Waals surface area contributed by atoms with Gasteiger partial charge >= 0.3 is 0 Å². The van der Waals surface area contributed by atoms with Crippen LogP contribution in [-0.2, 0) is 19.1 Å². The van der Waals surface area contributed by atoms with Crippen LogP contribution in [0.25, 0.3) is 0 Å². The number of aliphatic hydroxyl groups excluding tert-OH is 1. The van der Waals surface area contributed by atoms with Gasteiger partial charge in [0.05, 0.1) is 12.7 Å². The van der Waals surface area contributed by atoms with Crippen molar-refractivity contribution >= 4 is 0 Å². The molecule has 1 saturated heterocycles. The van der Waals surface area contributed by atoms with Crippen LogP contribution >= 0.6 is 0 Å². The number of ether oxygens (including phenoxy) is 2. The van der Waals surface area contributed by atoms with Crippen molar-refractivity contribution < 1.29 is 29.3 Å². The van der Waals surface area contributed by atoms with E-state index in [-0.39, 0.29) is 25.4 Å². The van der Waals surface area contributed by atoms with E-state index in [2.05, 4.69) is 15.6 Å². The Morgan fingerprint density at radius 2 is 2.26 bits per heavy atom. The maximum Gasteiger partial charge on any atom is 0.295 e. The largest absolute Gasteiger partial charge is 0.491 e. The lowest BCUT2D eigenvalue weighted by molar-refractivity contribution is -0.769. The molecule has 2 heterocycles. The van der Waals surface area contributed by atoms with Crippen molar-refractivity contribution in [2.45, 2.75) is 44.6 Å². The van der Waals surface area contributed by atoms with Crippen LogP contribution in [0.5, 0.6) is 0 Å². The molecule has 0 aromatic rings. The average molecular weight is 333 g/mol. The highest BCUT2D eigenvalue weighted by molar-refractivity contribution is 5.20. The summed E-state index contributed by atoms with van der Waals surface area (Å²) in [7, 11) is 0. The Morgan fingerprint density at radius 1 is 1.52 bits per heavy atom. The Hall–Kier alpha value is -1.62. The van der Waals surface area contributed by atoms with E-state index in [9.17, 15) is 15.2 Å². The van der Waals surface area contributed by atoms with Crippen LogP contribution in [0.3, 0.4) is 0 Å². The van der Waals surface area contributed by atoms with Crippen LogP contribution in [0, 0.1) is 10.1 Å². The summed E-state index contributed by atoms with van der Waals surface area (Å²) < 4.78 is 10.8. The lowest BCUT2D eigenvalue weighted by Gasteiger charge is -2.22. The van der Waals surface area contributed by atoms with Gasteiger partial charge in [-0.2, -0.15) is 0 Å². The fraction of sp³-hybridized carbons (Fsp3) is 0.846. The van der Waals surface area contributed by atoms with Gasteiger partial charge in [-0.05, 0) is 20.8 Å². The van der Waals surface area contributed by atoms with E-state index in [0.29, 0.717) is 18.0 Å². The number of fused-ring (bicyclic) bond motifs is 1. The van der Waals surface area contributed by atoms with Crippen molar-refractivity contribution in [2.75, 3.05) is 26.4 Å². The second-order valence-corrected chi connectivity index (χ2v) is 6.45. The van der Waals surface area contributed by atoms with Gasteiger partial charge in [-0.1, -0.05) is 0 Å². The molecule has 0 bridgehead atoms. The molecule has 2 rings (SSSR count). The SMILES string of the molecule is CC(C)(C)NCC(O)CONC1=C2OCC(O[N+](=O)[O-])C2OC1. The minimum absolute atomic E-state index is 0.0459. The van der Waals surface area contributed by atoms with Crippen molar-refractivity contribution in [3.05, 3.63) is 21.6 Å². The van der Waals surface area contributed by atoms with E-state index in [4.69, 9.17) is 14.3 Å². The molecule has 0 spiro atoms. The molecule has 10 nitrogen and oxygen atoms in total. The third-order valence-electron chi connectivity index (χ3n) is 3.26. The molecular formula is C13H23N3O7. The highest BCUT2D eigenvalue weighted by Crippen LogP contribution is 2.31. The van der Waals surface area contributed by atoms with E-state index < -0.39 is 23.4 Å². The zero-order valence-corrected chi connectivity index (χ0v) is 13.4. The Morgan fingerprint density at radius 3 is 2.91 bits per heavy atom. The van der Waals surface area contributed by atoms with Crippen molar-refractivity contribution in [3.8, 4) is 0 Å². The molecule has 2 aliphatic rings. The van der Waals surface area contributed by atoms with Gasteiger partial charge in [0.15, 0.2) is 11.9 Å². The Kier molecular flexibility index (Phi) is 5.63. The summed E-state index contributed by atoms with van der Waals surface area (Å²) in [5.74, 6) is 0.444. The molecule has 0 amide bonds. The number of aliphatic hydroxyl groups is 1. The standard InChI is InChI=1S/C13H23N3O7/c1-13(2,3)14-4-8(17)5-22-15-9-6-20-12-10(23-16(18)19)7-21-11(9)12/h8,10,12,14-15,17H,4-7H2,1-3H3. The van der Waals surface area contributed by atoms with Crippen molar-refractivity contribution in [1.82, 2.24) is 10.8 Å². The van der Waals surface area contributed by atoms with Gasteiger partial charge in [-0.25, -0.2) is 0 Å². The van der Waals surface area contributed by atoms with Gasteiger partial charge in [-0.15, -0.1) is 10.1 Å². The van der Waals surface area contributed by atoms with Crippen LogP contribution in [0.2, 0.25) is 0 Å². The van der Waals surface area contributed by atoms with E-state index in [1.54, 1.807) is 0 Å². The second kappa shape index (κ2) is 7.30. The molecule has 0 aliphatic carbocycles. The number of β-amino-alcohol motifs (C(OH)–C–C–N with tert-alkyl or cyclic N) is 1. The zero-order chi connectivity index (χ0) is 17.0. The molecular weight excluding hydrogens is 310 g/mol.